The fourth-order valence-corrected chi connectivity index (χ4v) is 5.46. The summed E-state index contributed by atoms with van der Waals surface area (Å²) in [4.78, 5) is 46.4. The molecule has 8 nitrogen and oxygen atoms in total. The second-order valence-electron chi connectivity index (χ2n) is 7.38. The van der Waals surface area contributed by atoms with Crippen molar-refractivity contribution in [2.45, 2.75) is 0 Å². The lowest BCUT2D eigenvalue weighted by atomic mass is 10.3. The van der Waals surface area contributed by atoms with Crippen LogP contribution >= 0.6 is 22.7 Å². The Balaban J connectivity index is 1.13. The highest BCUT2D eigenvalue weighted by molar-refractivity contribution is 7.26. The first-order valence-corrected chi connectivity index (χ1v) is 12.0. The number of piperazine rings is 1. The first kappa shape index (κ1) is 21.4. The average molecular weight is 482 g/mol. The van der Waals surface area contributed by atoms with Gasteiger partial charge >= 0.3 is 5.97 Å². The van der Waals surface area contributed by atoms with Crippen LogP contribution in [0, 0.1) is 0 Å². The van der Waals surface area contributed by atoms with E-state index in [2.05, 4.69) is 4.98 Å². The third kappa shape index (κ3) is 4.53. The van der Waals surface area contributed by atoms with Gasteiger partial charge in [-0.25, -0.2) is 9.78 Å². The number of nitrogens with zero attached hydrogens (tertiary/aromatic N) is 3. The van der Waals surface area contributed by atoms with Crippen molar-refractivity contribution in [2.75, 3.05) is 32.8 Å². The number of fused-ring (bicyclic) bond motifs is 1. The summed E-state index contributed by atoms with van der Waals surface area (Å²) in [5.74, 6) is -0.728. The van der Waals surface area contributed by atoms with E-state index in [0.717, 1.165) is 20.1 Å². The number of benzene rings is 1. The fraction of sp³-hybridized carbons (Fsp3) is 0.217. The minimum absolute atomic E-state index is 0.194. The molecule has 1 aliphatic rings. The highest BCUT2D eigenvalue weighted by Gasteiger charge is 2.26. The first-order chi connectivity index (χ1) is 16.1. The second kappa shape index (κ2) is 9.16. The molecule has 168 valence electrons. The molecule has 0 aliphatic carbocycles. The van der Waals surface area contributed by atoms with E-state index in [4.69, 9.17) is 9.15 Å². The van der Waals surface area contributed by atoms with Crippen molar-refractivity contribution in [3.63, 3.8) is 0 Å². The molecule has 0 saturated carbocycles. The van der Waals surface area contributed by atoms with Crippen LogP contribution in [0.5, 0.6) is 0 Å². The van der Waals surface area contributed by atoms with E-state index in [0.29, 0.717) is 31.1 Å². The number of amides is 2. The third-order valence-corrected chi connectivity index (χ3v) is 7.56. The van der Waals surface area contributed by atoms with E-state index in [-0.39, 0.29) is 24.2 Å². The van der Waals surface area contributed by atoms with Crippen molar-refractivity contribution in [3.8, 4) is 9.88 Å². The molecular formula is C23H19N3O5S2. The lowest BCUT2D eigenvalue weighted by Gasteiger charge is -2.34. The summed E-state index contributed by atoms with van der Waals surface area (Å²) < 4.78 is 11.5. The number of rotatable bonds is 5. The molecular weight excluding hydrogens is 462 g/mol. The van der Waals surface area contributed by atoms with E-state index in [9.17, 15) is 14.4 Å². The minimum Gasteiger partial charge on any atom is -0.459 e. The van der Waals surface area contributed by atoms with Gasteiger partial charge in [-0.2, -0.15) is 0 Å². The summed E-state index contributed by atoms with van der Waals surface area (Å²) >= 11 is 2.86. The molecule has 0 unspecified atom stereocenters. The number of thiazole rings is 1. The molecule has 5 rings (SSSR count). The highest BCUT2D eigenvalue weighted by Crippen LogP contribution is 2.34. The summed E-state index contributed by atoms with van der Waals surface area (Å²) in [7, 11) is 0. The fourth-order valence-electron chi connectivity index (χ4n) is 3.54. The number of furan rings is 1. The van der Waals surface area contributed by atoms with Gasteiger partial charge in [0.15, 0.2) is 12.4 Å². The predicted molar refractivity (Wildman–Crippen MR) is 124 cm³/mol. The van der Waals surface area contributed by atoms with Gasteiger partial charge in [-0.1, -0.05) is 12.1 Å². The lowest BCUT2D eigenvalue weighted by molar-refractivity contribution is -0.136. The smallest absolute Gasteiger partial charge is 0.348 e. The zero-order chi connectivity index (χ0) is 22.8. The number of para-hydroxylation sites is 1. The van der Waals surface area contributed by atoms with Gasteiger partial charge in [-0.05, 0) is 36.4 Å². The normalized spacial score (nSPS) is 13.9. The van der Waals surface area contributed by atoms with Crippen LogP contribution in [-0.4, -0.2) is 65.4 Å². The molecule has 1 saturated heterocycles. The van der Waals surface area contributed by atoms with Crippen LogP contribution in [0.25, 0.3) is 20.1 Å². The first-order valence-electron chi connectivity index (χ1n) is 10.3. The third-order valence-electron chi connectivity index (χ3n) is 5.29. The molecule has 33 heavy (non-hydrogen) atoms. The number of hydrogen-bond acceptors (Lipinski definition) is 8. The Hall–Kier alpha value is -3.50. The van der Waals surface area contributed by atoms with Crippen LogP contribution in [0.1, 0.15) is 20.2 Å². The number of esters is 1. The quantitative estimate of drug-likeness (QED) is 0.403. The van der Waals surface area contributed by atoms with Crippen molar-refractivity contribution in [3.05, 3.63) is 65.4 Å². The van der Waals surface area contributed by atoms with Crippen LogP contribution < -0.4 is 0 Å². The summed E-state index contributed by atoms with van der Waals surface area (Å²) in [6, 6.07) is 14.7. The number of carbonyl (C=O) groups excluding carboxylic acids is 3. The van der Waals surface area contributed by atoms with Crippen LogP contribution in [0.15, 0.2) is 59.2 Å². The van der Waals surface area contributed by atoms with Gasteiger partial charge in [0, 0.05) is 26.2 Å². The van der Waals surface area contributed by atoms with Crippen molar-refractivity contribution < 1.29 is 23.5 Å². The van der Waals surface area contributed by atoms with Gasteiger partial charge in [-0.3, -0.25) is 9.59 Å². The van der Waals surface area contributed by atoms with Gasteiger partial charge in [0.1, 0.15) is 9.88 Å². The van der Waals surface area contributed by atoms with E-state index >= 15 is 0 Å². The number of ether oxygens (including phenoxy) is 1. The Morgan fingerprint density at radius 3 is 2.48 bits per heavy atom. The lowest BCUT2D eigenvalue weighted by Crippen LogP contribution is -2.51. The topological polar surface area (TPSA) is 93.0 Å². The van der Waals surface area contributed by atoms with Crippen molar-refractivity contribution in [1.82, 2.24) is 14.8 Å². The molecule has 0 bridgehead atoms. The van der Waals surface area contributed by atoms with Crippen molar-refractivity contribution >= 4 is 50.7 Å². The Morgan fingerprint density at radius 2 is 1.73 bits per heavy atom. The Morgan fingerprint density at radius 1 is 0.939 bits per heavy atom. The molecule has 0 N–H and O–H groups in total. The second-order valence-corrected chi connectivity index (χ2v) is 9.49. The predicted octanol–water partition coefficient (Wildman–Crippen LogP) is 3.76. The number of hydrogen-bond donors (Lipinski definition) is 0. The summed E-state index contributed by atoms with van der Waals surface area (Å²) in [6.07, 6.45) is 1.46. The number of carbonyl (C=O) groups is 3. The molecule has 1 aromatic carbocycles. The van der Waals surface area contributed by atoms with Gasteiger partial charge < -0.3 is 19.0 Å². The Kier molecular flexibility index (Phi) is 5.93. The van der Waals surface area contributed by atoms with E-state index in [1.807, 2.05) is 30.3 Å². The molecule has 0 spiro atoms. The van der Waals surface area contributed by atoms with Crippen LogP contribution in [0.4, 0.5) is 0 Å². The van der Waals surface area contributed by atoms with Gasteiger partial charge in [0.05, 0.1) is 21.4 Å². The Labute approximate surface area is 197 Å². The highest BCUT2D eigenvalue weighted by atomic mass is 32.1. The summed E-state index contributed by atoms with van der Waals surface area (Å²) in [5, 5.41) is 0.846. The zero-order valence-corrected chi connectivity index (χ0v) is 19.1. The number of aromatic nitrogens is 1. The standard InChI is InChI=1S/C23H19N3O5S2/c27-20(25-9-11-26(12-10-25)22(28)16-5-3-13-30-16)14-31-23(29)19-8-7-18(32-19)21-24-15-4-1-2-6-17(15)33-21/h1-8,13H,9-12,14H2. The molecule has 4 aromatic rings. The van der Waals surface area contributed by atoms with Crippen LogP contribution in [-0.2, 0) is 9.53 Å². The minimum atomic E-state index is -0.535. The molecule has 10 heteroatoms. The van der Waals surface area contributed by atoms with E-state index < -0.39 is 5.97 Å². The monoisotopic (exact) mass is 481 g/mol. The summed E-state index contributed by atoms with van der Waals surface area (Å²) in [6.45, 7) is 1.22. The van der Waals surface area contributed by atoms with Gasteiger partial charge in [0.25, 0.3) is 11.8 Å². The molecule has 3 aromatic heterocycles. The van der Waals surface area contributed by atoms with Crippen molar-refractivity contribution in [2.24, 2.45) is 0 Å². The van der Waals surface area contributed by atoms with Crippen molar-refractivity contribution in [1.29, 1.82) is 0 Å². The maximum atomic E-state index is 12.5. The zero-order valence-electron chi connectivity index (χ0n) is 17.4. The molecule has 1 fully saturated rings. The SMILES string of the molecule is O=C(OCC(=O)N1CCN(C(=O)c2ccco2)CC1)c1ccc(-c2nc3ccccc3s2)s1. The average Bonchev–Trinajstić information content (AvgIpc) is 3.61. The maximum absolute atomic E-state index is 12.5. The number of thiophene rings is 1. The van der Waals surface area contributed by atoms with Gasteiger partial charge in [0.2, 0.25) is 0 Å². The largest absolute Gasteiger partial charge is 0.459 e. The molecule has 2 amide bonds. The van der Waals surface area contributed by atoms with E-state index in [1.165, 1.54) is 17.6 Å². The van der Waals surface area contributed by atoms with Crippen LogP contribution in [0.3, 0.4) is 0 Å². The van der Waals surface area contributed by atoms with Crippen LogP contribution in [0.2, 0.25) is 0 Å². The maximum Gasteiger partial charge on any atom is 0.348 e. The Bertz CT molecular complexity index is 1270. The molecule has 0 radical (unpaired) electrons. The molecule has 1 aliphatic heterocycles. The van der Waals surface area contributed by atoms with E-state index in [1.54, 1.807) is 39.3 Å². The summed E-state index contributed by atoms with van der Waals surface area (Å²) in [5.41, 5.74) is 0.923. The molecule has 0 atom stereocenters. The van der Waals surface area contributed by atoms with Gasteiger partial charge in [-0.15, -0.1) is 22.7 Å². The molecule has 4 heterocycles.